The van der Waals surface area contributed by atoms with Crippen LogP contribution in [0.5, 0.6) is 5.75 Å². The summed E-state index contributed by atoms with van der Waals surface area (Å²) in [6, 6.07) is 28.5. The Bertz CT molecular complexity index is 906. The Morgan fingerprint density at radius 2 is 1.57 bits per heavy atom. The number of hydrogen-bond acceptors (Lipinski definition) is 2. The monoisotopic (exact) mass is 399 g/mol. The van der Waals surface area contributed by atoms with Gasteiger partial charge in [-0.1, -0.05) is 66.7 Å². The van der Waals surface area contributed by atoms with Crippen molar-refractivity contribution in [3.63, 3.8) is 0 Å². The number of benzene rings is 3. The Labute approximate surface area is 181 Å². The molecule has 0 radical (unpaired) electrons. The van der Waals surface area contributed by atoms with Crippen LogP contribution in [0, 0.1) is 0 Å². The highest BCUT2D eigenvalue weighted by Gasteiger charge is 2.20. The molecule has 0 N–H and O–H groups in total. The molecule has 0 bridgehead atoms. The van der Waals surface area contributed by atoms with Gasteiger partial charge in [0.15, 0.2) is 0 Å². The molecule has 156 valence electrons. The molecule has 3 aromatic carbocycles. The summed E-state index contributed by atoms with van der Waals surface area (Å²) in [6.07, 6.45) is 5.96. The number of hydrogen-bond donors (Lipinski definition) is 0. The number of fused-ring (bicyclic) bond motifs is 1. The van der Waals surface area contributed by atoms with Crippen LogP contribution >= 0.6 is 0 Å². The highest BCUT2D eigenvalue weighted by molar-refractivity contribution is 5.37. The van der Waals surface area contributed by atoms with Gasteiger partial charge in [-0.3, -0.25) is 0 Å². The Hall–Kier alpha value is -2.58. The van der Waals surface area contributed by atoms with Gasteiger partial charge in [0.2, 0.25) is 0 Å². The van der Waals surface area contributed by atoms with Gasteiger partial charge < -0.3 is 9.64 Å². The fourth-order valence-corrected chi connectivity index (χ4v) is 4.42. The first-order valence-electron chi connectivity index (χ1n) is 11.3. The summed E-state index contributed by atoms with van der Waals surface area (Å²) in [4.78, 5) is 2.68. The van der Waals surface area contributed by atoms with Crippen LogP contribution in [0.4, 0.5) is 0 Å². The van der Waals surface area contributed by atoms with Gasteiger partial charge in [-0.25, -0.2) is 0 Å². The van der Waals surface area contributed by atoms with E-state index in [1.165, 1.54) is 48.1 Å². The molecule has 0 saturated carbocycles. The van der Waals surface area contributed by atoms with E-state index in [0.29, 0.717) is 12.6 Å². The van der Waals surface area contributed by atoms with Crippen LogP contribution in [0.2, 0.25) is 0 Å². The second-order valence-electron chi connectivity index (χ2n) is 8.49. The lowest BCUT2D eigenvalue weighted by Crippen LogP contribution is -2.35. The molecule has 1 heterocycles. The minimum Gasteiger partial charge on any atom is -0.489 e. The van der Waals surface area contributed by atoms with Crippen LogP contribution in [0.25, 0.3) is 0 Å². The lowest BCUT2D eigenvalue weighted by atomic mass is 10.0. The zero-order valence-corrected chi connectivity index (χ0v) is 18.1. The van der Waals surface area contributed by atoms with E-state index in [1.54, 1.807) is 0 Å². The van der Waals surface area contributed by atoms with Crippen LogP contribution < -0.4 is 4.74 Å². The van der Waals surface area contributed by atoms with Gasteiger partial charge in [0.05, 0.1) is 0 Å². The molecule has 0 aliphatic carbocycles. The van der Waals surface area contributed by atoms with Crippen LogP contribution in [0.15, 0.2) is 78.9 Å². The van der Waals surface area contributed by atoms with E-state index in [4.69, 9.17) is 4.74 Å². The second-order valence-corrected chi connectivity index (χ2v) is 8.49. The summed E-state index contributed by atoms with van der Waals surface area (Å²) >= 11 is 0. The average Bonchev–Trinajstić information content (AvgIpc) is 2.94. The lowest BCUT2D eigenvalue weighted by Gasteiger charge is -2.26. The van der Waals surface area contributed by atoms with E-state index in [-0.39, 0.29) is 0 Å². The van der Waals surface area contributed by atoms with Gasteiger partial charge >= 0.3 is 0 Å². The quantitative estimate of drug-likeness (QED) is 0.426. The smallest absolute Gasteiger partial charge is 0.120 e. The molecule has 1 aliphatic rings. The van der Waals surface area contributed by atoms with Crippen molar-refractivity contribution < 1.29 is 4.74 Å². The predicted octanol–water partition coefficient (Wildman–Crippen LogP) is 6.08. The maximum atomic E-state index is 6.06. The number of aryl methyl sites for hydroxylation is 1. The zero-order valence-electron chi connectivity index (χ0n) is 18.1. The zero-order chi connectivity index (χ0) is 20.6. The van der Waals surface area contributed by atoms with Crippen molar-refractivity contribution in [3.8, 4) is 5.75 Å². The molecule has 0 fully saturated rings. The third-order valence-electron chi connectivity index (χ3n) is 6.24. The first-order chi connectivity index (χ1) is 14.8. The van der Waals surface area contributed by atoms with Crippen molar-refractivity contribution in [2.45, 2.75) is 51.7 Å². The van der Waals surface area contributed by atoms with Gasteiger partial charge in [-0.15, -0.1) is 0 Å². The van der Waals surface area contributed by atoms with E-state index in [1.807, 2.05) is 6.07 Å². The fraction of sp³-hybridized carbons (Fsp3) is 0.357. The van der Waals surface area contributed by atoms with Gasteiger partial charge in [-0.05, 0) is 80.0 Å². The van der Waals surface area contributed by atoms with Crippen LogP contribution in [-0.4, -0.2) is 24.0 Å². The van der Waals surface area contributed by atoms with Crippen LogP contribution in [0.1, 0.15) is 42.0 Å². The van der Waals surface area contributed by atoms with Crippen LogP contribution in [-0.2, 0) is 25.9 Å². The average molecular weight is 400 g/mol. The molecule has 30 heavy (non-hydrogen) atoms. The molecule has 0 spiro atoms. The molecule has 0 aromatic heterocycles. The summed E-state index contributed by atoms with van der Waals surface area (Å²) in [6.45, 7) is 5.34. The van der Waals surface area contributed by atoms with E-state index < -0.39 is 0 Å². The largest absolute Gasteiger partial charge is 0.489 e. The molecular weight excluding hydrogens is 366 g/mol. The molecule has 3 aromatic rings. The Kier molecular flexibility index (Phi) is 7.20. The van der Waals surface area contributed by atoms with E-state index >= 15 is 0 Å². The number of rotatable bonds is 8. The van der Waals surface area contributed by atoms with E-state index in [2.05, 4.69) is 84.6 Å². The summed E-state index contributed by atoms with van der Waals surface area (Å²) in [5.74, 6) is 0.988. The highest BCUT2D eigenvalue weighted by atomic mass is 16.5. The Morgan fingerprint density at radius 3 is 2.33 bits per heavy atom. The van der Waals surface area contributed by atoms with E-state index in [0.717, 1.165) is 25.1 Å². The van der Waals surface area contributed by atoms with Crippen molar-refractivity contribution in [2.75, 3.05) is 13.1 Å². The molecular formula is C28H33NO. The fourth-order valence-electron chi connectivity index (χ4n) is 4.42. The van der Waals surface area contributed by atoms with Gasteiger partial charge in [0.25, 0.3) is 0 Å². The summed E-state index contributed by atoms with van der Waals surface area (Å²) in [7, 11) is 0. The van der Waals surface area contributed by atoms with Gasteiger partial charge in [0, 0.05) is 12.6 Å². The topological polar surface area (TPSA) is 12.5 Å². The number of ether oxygens (including phenoxy) is 1. The Morgan fingerprint density at radius 1 is 0.833 bits per heavy atom. The summed E-state index contributed by atoms with van der Waals surface area (Å²) in [5, 5.41) is 0. The van der Waals surface area contributed by atoms with Gasteiger partial charge in [-0.2, -0.15) is 0 Å². The van der Waals surface area contributed by atoms with Crippen molar-refractivity contribution in [1.82, 2.24) is 4.90 Å². The molecule has 0 amide bonds. The molecule has 2 heteroatoms. The molecule has 1 atom stereocenters. The third kappa shape index (κ3) is 5.73. The summed E-state index contributed by atoms with van der Waals surface area (Å²) in [5.41, 5.74) is 5.61. The first-order valence-corrected chi connectivity index (χ1v) is 11.3. The first kappa shape index (κ1) is 20.7. The number of nitrogens with zero attached hydrogens (tertiary/aromatic N) is 1. The molecule has 4 rings (SSSR count). The van der Waals surface area contributed by atoms with Crippen molar-refractivity contribution in [2.24, 2.45) is 0 Å². The minimum atomic E-state index is 0.596. The maximum Gasteiger partial charge on any atom is 0.120 e. The standard InChI is InChI=1S/C28H33NO/c1-23-20-26-15-16-28(30-22-25-13-6-3-7-14-25)21-27(26)17-19-29(23)18-9-8-12-24-10-4-2-5-11-24/h2-7,10-11,13-16,21,23H,8-9,12,17-20,22H2,1H3. The van der Waals surface area contributed by atoms with Crippen molar-refractivity contribution in [3.05, 3.63) is 101 Å². The second kappa shape index (κ2) is 10.4. The molecule has 0 saturated heterocycles. The predicted molar refractivity (Wildman–Crippen MR) is 125 cm³/mol. The maximum absolute atomic E-state index is 6.06. The lowest BCUT2D eigenvalue weighted by molar-refractivity contribution is 0.212. The minimum absolute atomic E-state index is 0.596. The SMILES string of the molecule is CC1Cc2ccc(OCc3ccccc3)cc2CCN1CCCCc1ccccc1. The van der Waals surface area contributed by atoms with Crippen molar-refractivity contribution in [1.29, 1.82) is 0 Å². The normalized spacial score (nSPS) is 16.6. The van der Waals surface area contributed by atoms with Crippen LogP contribution in [0.3, 0.4) is 0 Å². The number of unbranched alkanes of at least 4 members (excludes halogenated alkanes) is 1. The highest BCUT2D eigenvalue weighted by Crippen LogP contribution is 2.25. The molecule has 1 aliphatic heterocycles. The van der Waals surface area contributed by atoms with Gasteiger partial charge in [0.1, 0.15) is 12.4 Å². The third-order valence-corrected chi connectivity index (χ3v) is 6.24. The van der Waals surface area contributed by atoms with Crippen molar-refractivity contribution >= 4 is 0 Å². The van der Waals surface area contributed by atoms with E-state index in [9.17, 15) is 0 Å². The molecule has 1 unspecified atom stereocenters. The summed E-state index contributed by atoms with van der Waals surface area (Å²) < 4.78 is 6.06. The molecule has 2 nitrogen and oxygen atoms in total. The Balaban J connectivity index is 1.28.